The molecule has 2 rings (SSSR count). The second-order valence-corrected chi connectivity index (χ2v) is 5.64. The van der Waals surface area contributed by atoms with Crippen molar-refractivity contribution in [2.75, 3.05) is 0 Å². The SMILES string of the molecule is O=C(O)Cc1cc(Cl)c(O)c(C(=O)C=Cc2ccc(Cl)cc2)c1. The molecule has 0 aliphatic rings. The third-order valence-corrected chi connectivity index (χ3v) is 3.58. The Labute approximate surface area is 142 Å². The number of phenolic OH excluding ortho intramolecular Hbond substituents is 1. The number of carboxylic acids is 1. The summed E-state index contributed by atoms with van der Waals surface area (Å²) in [4.78, 5) is 23.0. The predicted octanol–water partition coefficient (Wildman–Crippen LogP) is 4.22. The minimum absolute atomic E-state index is 0.0426. The van der Waals surface area contributed by atoms with E-state index in [4.69, 9.17) is 28.3 Å². The summed E-state index contributed by atoms with van der Waals surface area (Å²) in [7, 11) is 0. The van der Waals surface area contributed by atoms with Crippen LogP contribution in [0.1, 0.15) is 21.5 Å². The number of carbonyl (C=O) groups is 2. The van der Waals surface area contributed by atoms with Crippen LogP contribution in [0.5, 0.6) is 5.75 Å². The van der Waals surface area contributed by atoms with E-state index in [1.807, 2.05) is 0 Å². The Morgan fingerprint density at radius 2 is 1.74 bits per heavy atom. The molecule has 0 amide bonds. The number of halogens is 2. The van der Waals surface area contributed by atoms with E-state index in [1.165, 1.54) is 18.2 Å². The Balaban J connectivity index is 2.29. The number of aliphatic carboxylic acids is 1. The number of aromatic hydroxyl groups is 1. The zero-order valence-corrected chi connectivity index (χ0v) is 13.3. The summed E-state index contributed by atoms with van der Waals surface area (Å²) in [6.45, 7) is 0. The van der Waals surface area contributed by atoms with Gasteiger partial charge in [-0.25, -0.2) is 0 Å². The van der Waals surface area contributed by atoms with Gasteiger partial charge < -0.3 is 10.2 Å². The molecule has 0 saturated heterocycles. The lowest BCUT2D eigenvalue weighted by molar-refractivity contribution is -0.136. The van der Waals surface area contributed by atoms with Crippen molar-refractivity contribution in [2.24, 2.45) is 0 Å². The molecule has 23 heavy (non-hydrogen) atoms. The fourth-order valence-electron chi connectivity index (χ4n) is 1.96. The number of hydrogen-bond acceptors (Lipinski definition) is 3. The fourth-order valence-corrected chi connectivity index (χ4v) is 2.32. The summed E-state index contributed by atoms with van der Waals surface area (Å²) >= 11 is 11.6. The molecule has 0 heterocycles. The second kappa shape index (κ2) is 7.31. The van der Waals surface area contributed by atoms with Gasteiger partial charge in [-0.15, -0.1) is 0 Å². The maximum atomic E-state index is 12.2. The maximum Gasteiger partial charge on any atom is 0.307 e. The standard InChI is InChI=1S/C17H12Cl2O4/c18-12-4-1-10(2-5-12)3-6-15(20)13-7-11(9-16(21)22)8-14(19)17(13)23/h1-8,23H,9H2,(H,21,22). The van der Waals surface area contributed by atoms with Crippen LogP contribution in [0.15, 0.2) is 42.5 Å². The molecule has 2 N–H and O–H groups in total. The van der Waals surface area contributed by atoms with E-state index in [1.54, 1.807) is 30.3 Å². The molecule has 0 unspecified atom stereocenters. The van der Waals surface area contributed by atoms with Gasteiger partial charge in [0.15, 0.2) is 5.78 Å². The number of carbonyl (C=O) groups excluding carboxylic acids is 1. The number of benzene rings is 2. The molecule has 118 valence electrons. The zero-order valence-electron chi connectivity index (χ0n) is 11.8. The number of allylic oxidation sites excluding steroid dienone is 1. The molecule has 4 nitrogen and oxygen atoms in total. The molecule has 0 aliphatic carbocycles. The largest absolute Gasteiger partial charge is 0.506 e. The van der Waals surface area contributed by atoms with Gasteiger partial charge in [0.05, 0.1) is 17.0 Å². The lowest BCUT2D eigenvalue weighted by Crippen LogP contribution is -2.03. The van der Waals surface area contributed by atoms with Crippen LogP contribution in [0.4, 0.5) is 0 Å². The van der Waals surface area contributed by atoms with Gasteiger partial charge in [0.25, 0.3) is 0 Å². The Hall–Kier alpha value is -2.30. The van der Waals surface area contributed by atoms with Crippen LogP contribution in [0.2, 0.25) is 10.0 Å². The van der Waals surface area contributed by atoms with Crippen LogP contribution in [-0.4, -0.2) is 22.0 Å². The first-order valence-electron chi connectivity index (χ1n) is 6.58. The van der Waals surface area contributed by atoms with E-state index in [0.29, 0.717) is 10.6 Å². The quantitative estimate of drug-likeness (QED) is 0.625. The molecule has 2 aromatic rings. The van der Waals surface area contributed by atoms with Crippen LogP contribution < -0.4 is 0 Å². The summed E-state index contributed by atoms with van der Waals surface area (Å²) in [5.41, 5.74) is 1.05. The molecular weight excluding hydrogens is 339 g/mol. The first-order chi connectivity index (χ1) is 10.9. The highest BCUT2D eigenvalue weighted by atomic mass is 35.5. The molecule has 0 saturated carbocycles. The van der Waals surface area contributed by atoms with Gasteiger partial charge in [0.2, 0.25) is 0 Å². The Kier molecular flexibility index (Phi) is 5.42. The number of rotatable bonds is 5. The molecule has 0 bridgehead atoms. The second-order valence-electron chi connectivity index (χ2n) is 4.79. The Bertz CT molecular complexity index is 780. The van der Waals surface area contributed by atoms with E-state index >= 15 is 0 Å². The minimum atomic E-state index is -1.05. The van der Waals surface area contributed by atoms with Crippen molar-refractivity contribution < 1.29 is 19.8 Å². The first kappa shape index (κ1) is 17.1. The average molecular weight is 351 g/mol. The van der Waals surface area contributed by atoms with Gasteiger partial charge in [-0.1, -0.05) is 41.4 Å². The highest BCUT2D eigenvalue weighted by Gasteiger charge is 2.15. The maximum absolute atomic E-state index is 12.2. The van der Waals surface area contributed by atoms with E-state index in [0.717, 1.165) is 5.56 Å². The molecule has 0 aliphatic heterocycles. The Morgan fingerprint density at radius 3 is 2.35 bits per heavy atom. The fraction of sp³-hybridized carbons (Fsp3) is 0.0588. The van der Waals surface area contributed by atoms with Crippen LogP contribution in [0.3, 0.4) is 0 Å². The molecule has 0 aromatic heterocycles. The summed E-state index contributed by atoms with van der Waals surface area (Å²) in [5.74, 6) is -1.90. The summed E-state index contributed by atoms with van der Waals surface area (Å²) in [6, 6.07) is 9.50. The summed E-state index contributed by atoms with van der Waals surface area (Å²) in [5, 5.41) is 19.2. The normalized spacial score (nSPS) is 10.9. The molecule has 2 aromatic carbocycles. The van der Waals surface area contributed by atoms with Gasteiger partial charge in [-0.2, -0.15) is 0 Å². The Morgan fingerprint density at radius 1 is 1.09 bits per heavy atom. The van der Waals surface area contributed by atoms with Crippen LogP contribution in [-0.2, 0) is 11.2 Å². The molecule has 0 spiro atoms. The van der Waals surface area contributed by atoms with Gasteiger partial charge in [0.1, 0.15) is 5.75 Å². The molecule has 0 radical (unpaired) electrons. The van der Waals surface area contributed by atoms with E-state index in [9.17, 15) is 14.7 Å². The number of carboxylic acid groups (broad SMARTS) is 1. The van der Waals surface area contributed by atoms with Crippen molar-refractivity contribution >= 4 is 41.0 Å². The monoisotopic (exact) mass is 350 g/mol. The number of phenols is 1. The topological polar surface area (TPSA) is 74.6 Å². The predicted molar refractivity (Wildman–Crippen MR) is 89.3 cm³/mol. The highest BCUT2D eigenvalue weighted by Crippen LogP contribution is 2.30. The smallest absolute Gasteiger partial charge is 0.307 e. The lowest BCUT2D eigenvalue weighted by atomic mass is 10.0. The van der Waals surface area contributed by atoms with E-state index in [-0.39, 0.29) is 22.8 Å². The minimum Gasteiger partial charge on any atom is -0.506 e. The summed E-state index contributed by atoms with van der Waals surface area (Å²) in [6.07, 6.45) is 2.55. The van der Waals surface area contributed by atoms with Gasteiger partial charge in [-0.05, 0) is 41.5 Å². The summed E-state index contributed by atoms with van der Waals surface area (Å²) < 4.78 is 0. The van der Waals surface area contributed by atoms with Crippen molar-refractivity contribution in [2.45, 2.75) is 6.42 Å². The third-order valence-electron chi connectivity index (χ3n) is 3.04. The molecule has 6 heteroatoms. The highest BCUT2D eigenvalue weighted by molar-refractivity contribution is 6.33. The van der Waals surface area contributed by atoms with Gasteiger partial charge in [-0.3, -0.25) is 9.59 Å². The van der Waals surface area contributed by atoms with Crippen molar-refractivity contribution in [1.29, 1.82) is 0 Å². The van der Waals surface area contributed by atoms with Crippen molar-refractivity contribution in [3.05, 3.63) is 69.2 Å². The van der Waals surface area contributed by atoms with Crippen LogP contribution in [0, 0.1) is 0 Å². The van der Waals surface area contributed by atoms with Crippen molar-refractivity contribution in [3.8, 4) is 5.75 Å². The van der Waals surface area contributed by atoms with Gasteiger partial charge in [0, 0.05) is 5.02 Å². The first-order valence-corrected chi connectivity index (χ1v) is 7.33. The molecule has 0 atom stereocenters. The number of hydrogen-bond donors (Lipinski definition) is 2. The van der Waals surface area contributed by atoms with Gasteiger partial charge >= 0.3 is 5.97 Å². The molecular formula is C17H12Cl2O4. The molecule has 0 fully saturated rings. The number of ketones is 1. The van der Waals surface area contributed by atoms with E-state index < -0.39 is 11.8 Å². The van der Waals surface area contributed by atoms with Crippen LogP contribution in [0.25, 0.3) is 6.08 Å². The zero-order chi connectivity index (χ0) is 17.0. The van der Waals surface area contributed by atoms with Crippen molar-refractivity contribution in [3.63, 3.8) is 0 Å². The van der Waals surface area contributed by atoms with E-state index in [2.05, 4.69) is 0 Å². The van der Waals surface area contributed by atoms with Crippen molar-refractivity contribution in [1.82, 2.24) is 0 Å². The third kappa shape index (κ3) is 4.58. The van der Waals surface area contributed by atoms with Crippen LogP contribution >= 0.6 is 23.2 Å². The average Bonchev–Trinajstić information content (AvgIpc) is 2.49. The lowest BCUT2D eigenvalue weighted by Gasteiger charge is -2.06.